The lowest BCUT2D eigenvalue weighted by atomic mass is 10.2. The Morgan fingerprint density at radius 3 is 2.88 bits per heavy atom. The first-order valence-corrected chi connectivity index (χ1v) is 3.08. The van der Waals surface area contributed by atoms with Gasteiger partial charge in [-0.05, 0) is 6.92 Å². The largest absolute Gasteiger partial charge is 0.312 e. The van der Waals surface area contributed by atoms with Gasteiger partial charge in [0.1, 0.15) is 0 Å². The highest BCUT2D eigenvalue weighted by atomic mass is 15.2. The molecule has 1 radical (unpaired) electrons. The number of hydrogen-bond donors (Lipinski definition) is 1. The molecule has 0 spiro atoms. The molecule has 1 aliphatic rings. The van der Waals surface area contributed by atoms with Gasteiger partial charge in [0.15, 0.2) is 0 Å². The van der Waals surface area contributed by atoms with Crippen LogP contribution in [0.1, 0.15) is 6.92 Å². The van der Waals surface area contributed by atoms with Gasteiger partial charge in [0.2, 0.25) is 0 Å². The molecular weight excluding hydrogens is 100 g/mol. The molecule has 1 atom stereocenters. The Hall–Kier alpha value is -0.0800. The lowest BCUT2D eigenvalue weighted by Gasteiger charge is -2.27. The maximum absolute atomic E-state index is 3.84. The van der Waals surface area contributed by atoms with Crippen molar-refractivity contribution >= 4 is 0 Å². The van der Waals surface area contributed by atoms with Gasteiger partial charge in [-0.3, -0.25) is 4.90 Å². The van der Waals surface area contributed by atoms with Crippen LogP contribution in [0.3, 0.4) is 0 Å². The second-order valence-corrected chi connectivity index (χ2v) is 2.43. The molecule has 0 aliphatic carbocycles. The van der Waals surface area contributed by atoms with Crippen LogP contribution in [0.4, 0.5) is 0 Å². The first-order valence-electron chi connectivity index (χ1n) is 3.08. The number of nitrogens with one attached hydrogen (secondary N) is 1. The van der Waals surface area contributed by atoms with E-state index in [1.54, 1.807) is 0 Å². The van der Waals surface area contributed by atoms with Crippen molar-refractivity contribution in [2.24, 2.45) is 0 Å². The molecule has 0 aromatic heterocycles. The SMILES string of the molecule is [CH2]N1CCN[C@@H](C)C1. The highest BCUT2D eigenvalue weighted by Crippen LogP contribution is 1.93. The van der Waals surface area contributed by atoms with E-state index in [4.69, 9.17) is 0 Å². The second kappa shape index (κ2) is 2.46. The third-order valence-corrected chi connectivity index (χ3v) is 1.45. The molecule has 0 amide bonds. The number of nitrogens with zero attached hydrogens (tertiary/aromatic N) is 1. The second-order valence-electron chi connectivity index (χ2n) is 2.43. The van der Waals surface area contributed by atoms with Gasteiger partial charge < -0.3 is 5.32 Å². The van der Waals surface area contributed by atoms with E-state index < -0.39 is 0 Å². The van der Waals surface area contributed by atoms with E-state index >= 15 is 0 Å². The summed E-state index contributed by atoms with van der Waals surface area (Å²) in [5.74, 6) is 0. The summed E-state index contributed by atoms with van der Waals surface area (Å²) in [4.78, 5) is 2.10. The summed E-state index contributed by atoms with van der Waals surface area (Å²) < 4.78 is 0. The van der Waals surface area contributed by atoms with Crippen molar-refractivity contribution in [2.45, 2.75) is 13.0 Å². The lowest BCUT2D eigenvalue weighted by molar-refractivity contribution is 0.272. The van der Waals surface area contributed by atoms with Gasteiger partial charge >= 0.3 is 0 Å². The monoisotopic (exact) mass is 113 g/mol. The summed E-state index contributed by atoms with van der Waals surface area (Å²) in [5, 5.41) is 3.33. The maximum atomic E-state index is 3.84. The quantitative estimate of drug-likeness (QED) is 0.478. The molecule has 0 aromatic carbocycles. The zero-order valence-corrected chi connectivity index (χ0v) is 5.35. The molecule has 1 N–H and O–H groups in total. The van der Waals surface area contributed by atoms with Gasteiger partial charge in [-0.1, -0.05) is 0 Å². The molecule has 1 aliphatic heterocycles. The van der Waals surface area contributed by atoms with E-state index in [1.165, 1.54) is 0 Å². The van der Waals surface area contributed by atoms with Crippen LogP contribution in [0.5, 0.6) is 0 Å². The maximum Gasteiger partial charge on any atom is 0.0167 e. The molecule has 0 aromatic rings. The van der Waals surface area contributed by atoms with E-state index in [0.29, 0.717) is 6.04 Å². The van der Waals surface area contributed by atoms with Crippen LogP contribution in [-0.2, 0) is 0 Å². The van der Waals surface area contributed by atoms with Crippen molar-refractivity contribution in [1.29, 1.82) is 0 Å². The van der Waals surface area contributed by atoms with E-state index in [-0.39, 0.29) is 0 Å². The van der Waals surface area contributed by atoms with Gasteiger partial charge in [-0.2, -0.15) is 0 Å². The summed E-state index contributed by atoms with van der Waals surface area (Å²) in [6.07, 6.45) is 0. The Bertz CT molecular complexity index is 64.9. The van der Waals surface area contributed by atoms with Gasteiger partial charge in [0.25, 0.3) is 0 Å². The predicted octanol–water partition coefficient (Wildman–Crippen LogP) is 0.0717. The minimum absolute atomic E-state index is 0.626. The average molecular weight is 113 g/mol. The fraction of sp³-hybridized carbons (Fsp3) is 0.833. The van der Waals surface area contributed by atoms with Crippen LogP contribution >= 0.6 is 0 Å². The van der Waals surface area contributed by atoms with Crippen LogP contribution in [0.15, 0.2) is 0 Å². The van der Waals surface area contributed by atoms with Crippen molar-refractivity contribution < 1.29 is 0 Å². The van der Waals surface area contributed by atoms with Gasteiger partial charge in [-0.15, -0.1) is 0 Å². The van der Waals surface area contributed by atoms with E-state index in [9.17, 15) is 0 Å². The summed E-state index contributed by atoms with van der Waals surface area (Å²) in [7, 11) is 3.84. The minimum atomic E-state index is 0.626. The number of piperazine rings is 1. The Kier molecular flexibility index (Phi) is 1.86. The molecule has 0 unspecified atom stereocenters. The highest BCUT2D eigenvalue weighted by molar-refractivity contribution is 4.73. The Labute approximate surface area is 50.9 Å². The molecule has 1 saturated heterocycles. The van der Waals surface area contributed by atoms with Crippen molar-refractivity contribution in [3.05, 3.63) is 7.05 Å². The van der Waals surface area contributed by atoms with Crippen molar-refractivity contribution in [1.82, 2.24) is 10.2 Å². The molecule has 0 bridgehead atoms. The third-order valence-electron chi connectivity index (χ3n) is 1.45. The fourth-order valence-corrected chi connectivity index (χ4v) is 1.01. The normalized spacial score (nSPS) is 33.0. The van der Waals surface area contributed by atoms with E-state index in [1.807, 2.05) is 0 Å². The molecule has 1 fully saturated rings. The summed E-state index contributed by atoms with van der Waals surface area (Å²) >= 11 is 0. The smallest absolute Gasteiger partial charge is 0.0167 e. The lowest BCUT2D eigenvalue weighted by Crippen LogP contribution is -2.46. The van der Waals surface area contributed by atoms with Crippen molar-refractivity contribution in [2.75, 3.05) is 19.6 Å². The van der Waals surface area contributed by atoms with Gasteiger partial charge in [0.05, 0.1) is 0 Å². The van der Waals surface area contributed by atoms with Crippen LogP contribution in [0.2, 0.25) is 0 Å². The molecule has 8 heavy (non-hydrogen) atoms. The zero-order valence-electron chi connectivity index (χ0n) is 5.35. The van der Waals surface area contributed by atoms with Gasteiger partial charge in [0, 0.05) is 32.7 Å². The first kappa shape index (κ1) is 6.05. The van der Waals surface area contributed by atoms with Crippen molar-refractivity contribution in [3.8, 4) is 0 Å². The predicted molar refractivity (Wildman–Crippen MR) is 34.4 cm³/mol. The van der Waals surface area contributed by atoms with Crippen LogP contribution in [0, 0.1) is 7.05 Å². The Morgan fingerprint density at radius 2 is 2.50 bits per heavy atom. The van der Waals surface area contributed by atoms with Crippen LogP contribution in [-0.4, -0.2) is 30.6 Å². The van der Waals surface area contributed by atoms with Crippen LogP contribution < -0.4 is 5.32 Å². The third kappa shape index (κ3) is 1.46. The Morgan fingerprint density at radius 1 is 1.75 bits per heavy atom. The molecule has 2 heteroatoms. The number of hydrogen-bond acceptors (Lipinski definition) is 2. The summed E-state index contributed by atoms with van der Waals surface area (Å²) in [6.45, 7) is 5.44. The molecule has 0 saturated carbocycles. The van der Waals surface area contributed by atoms with Crippen LogP contribution in [0.25, 0.3) is 0 Å². The summed E-state index contributed by atoms with van der Waals surface area (Å²) in [6, 6.07) is 0.626. The summed E-state index contributed by atoms with van der Waals surface area (Å²) in [5.41, 5.74) is 0. The molecule has 47 valence electrons. The topological polar surface area (TPSA) is 15.3 Å². The van der Waals surface area contributed by atoms with E-state index in [2.05, 4.69) is 24.2 Å². The molecule has 1 heterocycles. The Balaban J connectivity index is 2.23. The van der Waals surface area contributed by atoms with Crippen molar-refractivity contribution in [3.63, 3.8) is 0 Å². The average Bonchev–Trinajstić information content (AvgIpc) is 1.64. The zero-order chi connectivity index (χ0) is 5.98. The highest BCUT2D eigenvalue weighted by Gasteiger charge is 2.09. The standard InChI is InChI=1S/C6H13N2/c1-6-5-8(2)4-3-7-6/h6-7H,2-5H2,1H3/t6-/m0/s1. The number of rotatable bonds is 0. The molecule has 2 nitrogen and oxygen atoms in total. The van der Waals surface area contributed by atoms with E-state index in [0.717, 1.165) is 19.6 Å². The minimum Gasteiger partial charge on any atom is -0.312 e. The molecule has 1 rings (SSSR count). The first-order chi connectivity index (χ1) is 3.79. The molecular formula is C6H13N2. The van der Waals surface area contributed by atoms with Gasteiger partial charge in [-0.25, -0.2) is 0 Å². The fourth-order valence-electron chi connectivity index (χ4n) is 1.01.